The van der Waals surface area contributed by atoms with Crippen LogP contribution in [0.2, 0.25) is 34.5 Å². The van der Waals surface area contributed by atoms with Crippen LogP contribution >= 0.6 is 15.5 Å². The third-order valence-corrected chi connectivity index (χ3v) is 23.5. The van der Waals surface area contributed by atoms with Crippen molar-refractivity contribution in [1.82, 2.24) is 0 Å². The van der Waals surface area contributed by atoms with Crippen molar-refractivity contribution < 1.29 is 0 Å². The fourth-order valence-electron chi connectivity index (χ4n) is 0. The minimum Gasteiger partial charge on any atom is -0.110 e. The van der Waals surface area contributed by atoms with Gasteiger partial charge in [-0.3, -0.25) is 0 Å². The molecule has 1 atom stereocenters. The minimum atomic E-state index is -0.999. The molecule has 0 saturated heterocycles. The van der Waals surface area contributed by atoms with Crippen LogP contribution in [0, 0.1) is 17.8 Å². The quantitative estimate of drug-likeness (QED) is 0.0986. The maximum atomic E-state index is 3.90. The number of allylic oxidation sites excluding steroid dienone is 6. The molecule has 0 aliphatic rings. The average molecular weight is 896 g/mol. The first kappa shape index (κ1) is 66.8. The number of rotatable bonds is 8. The summed E-state index contributed by atoms with van der Waals surface area (Å²) in [5.74, 6) is 7.02. The molecule has 0 bridgehead atoms. The average Bonchev–Trinajstić information content (AvgIpc) is 2.90. The molecule has 0 rings (SSSR count). The van der Waals surface area contributed by atoms with Gasteiger partial charge in [0.2, 0.25) is 0 Å². The van der Waals surface area contributed by atoms with E-state index in [1.807, 2.05) is 20.8 Å². The van der Waals surface area contributed by atoms with E-state index >= 15 is 0 Å². The summed E-state index contributed by atoms with van der Waals surface area (Å²) >= 11 is -1.82. The van der Waals surface area contributed by atoms with Gasteiger partial charge in [-0.2, -0.15) is 0 Å². The summed E-state index contributed by atoms with van der Waals surface area (Å²) in [6, 6.07) is 0. The van der Waals surface area contributed by atoms with E-state index < -0.39 is 42.9 Å². The Bertz CT molecular complexity index is 689. The van der Waals surface area contributed by atoms with Crippen molar-refractivity contribution in [2.45, 2.75) is 157 Å². The Balaban J connectivity index is -0.0000000635. The Morgan fingerprint density at radius 3 is 0.833 bits per heavy atom. The first-order valence-corrected chi connectivity index (χ1v) is 39.8. The van der Waals surface area contributed by atoms with Gasteiger partial charge in [0, 0.05) is 0 Å². The molecule has 0 aromatic carbocycles. The molecule has 0 radical (unpaired) electrons. The van der Waals surface area contributed by atoms with Gasteiger partial charge < -0.3 is 0 Å². The van der Waals surface area contributed by atoms with E-state index in [-0.39, 0.29) is 7.55 Å². The second kappa shape index (κ2) is 43.8. The molecule has 290 valence electrons. The molecule has 0 N–H and O–H groups in total. The Hall–Kier alpha value is 0.598. The van der Waals surface area contributed by atoms with Crippen LogP contribution in [0.3, 0.4) is 0 Å². The molecule has 0 aliphatic heterocycles. The molecule has 1 unspecified atom stereocenters. The third-order valence-electron chi connectivity index (χ3n) is 7.92. The second-order valence-corrected chi connectivity index (χ2v) is 41.1. The molecule has 0 spiro atoms. The molecule has 0 aromatic rings. The van der Waals surface area contributed by atoms with E-state index in [0.717, 1.165) is 34.3 Å². The second-order valence-electron chi connectivity index (χ2n) is 16.0. The molecule has 0 fully saturated rings. The molecule has 0 amide bonds. The van der Waals surface area contributed by atoms with E-state index in [4.69, 9.17) is 0 Å². The maximum Gasteiger partial charge on any atom is 0.110 e. The van der Waals surface area contributed by atoms with E-state index in [0.29, 0.717) is 13.8 Å². The molecule has 48 heavy (non-hydrogen) atoms. The molecular weight excluding hydrogens is 798 g/mol. The standard InChI is InChI=1S/C6H14.C6H12.C6H10.C5H12Ge.C5H13P.C5H12P.C5H12Si.C3H5.2CH3.Sn.H/c7*1-5(2)6(3)4;1-3-2;;;;/h5-6H,1-4H3;6H,1H2,2-4H3;1,3H2,2,4H3;6H,1H2,2-4H3;5H,1-4H3;5H,3H2,1-2,4H3;6H,1H2,2-4H3;1H2,2H3;2*1H3;;/q;;;;;+1;;;;;;. The van der Waals surface area contributed by atoms with Gasteiger partial charge in [-0.05, 0) is 78.3 Å². The number of hydrogen-bond donors (Lipinski definition) is 0. The summed E-state index contributed by atoms with van der Waals surface area (Å²) in [5.41, 5.74) is 5.11. The summed E-state index contributed by atoms with van der Waals surface area (Å²) in [6.45, 7) is 68.4. The first-order chi connectivity index (χ1) is 21.1. The zero-order valence-electron chi connectivity index (χ0n) is 38.5. The normalized spacial score (nSPS) is 9.92. The van der Waals surface area contributed by atoms with Crippen LogP contribution in [-0.4, -0.2) is 80.5 Å². The van der Waals surface area contributed by atoms with Crippen molar-refractivity contribution in [2.75, 3.05) is 20.0 Å². The predicted molar refractivity (Wildman–Crippen MR) is 259 cm³/mol. The van der Waals surface area contributed by atoms with Crippen molar-refractivity contribution in [3.8, 4) is 0 Å². The van der Waals surface area contributed by atoms with Crippen molar-refractivity contribution in [3.63, 3.8) is 0 Å². The molecule has 0 aliphatic carbocycles. The van der Waals surface area contributed by atoms with E-state index in [1.54, 1.807) is 0 Å². The van der Waals surface area contributed by atoms with Gasteiger partial charge in [-0.1, -0.05) is 110 Å². The molecule has 5 heteroatoms. The topological polar surface area (TPSA) is 0 Å². The van der Waals surface area contributed by atoms with Crippen molar-refractivity contribution in [3.05, 3.63) is 69.4 Å². The van der Waals surface area contributed by atoms with Gasteiger partial charge in [0.1, 0.15) is 5.66 Å². The van der Waals surface area contributed by atoms with Crippen LogP contribution in [0.1, 0.15) is 111 Å². The molecular formula is C43H97GeP2SiSn+. The van der Waals surface area contributed by atoms with Crippen molar-refractivity contribution in [2.24, 2.45) is 17.8 Å². The van der Waals surface area contributed by atoms with Gasteiger partial charge in [0.05, 0.1) is 29.3 Å². The molecule has 0 saturated carbocycles. The SMILES string of the molecule is C=C(C)C(=C)C.C=C(C)C(C)C.C=C(C)[SiH](C)C.C=[C](C)[GeH]([CH3])[CH3].C=[C](C)[SnH]([CH3])[CH3].C=[P+](C)C(C)C.CC(C)C(C)C.CC(C)P(C)C. The molecule has 0 aromatic heterocycles. The third kappa shape index (κ3) is 91.2. The molecule has 0 heterocycles. The predicted octanol–water partition coefficient (Wildman–Crippen LogP) is 15.5. The fraction of sp³-hybridized carbons (Fsp3) is 0.698. The summed E-state index contributed by atoms with van der Waals surface area (Å²) in [4.78, 5) is 4.70. The molecule has 0 nitrogen and oxygen atoms in total. The Kier molecular flexibility index (Phi) is 60.9. The van der Waals surface area contributed by atoms with Crippen LogP contribution < -0.4 is 0 Å². The van der Waals surface area contributed by atoms with Crippen LogP contribution in [0.4, 0.5) is 0 Å². The largest absolute Gasteiger partial charge is 0.110 e. The monoisotopic (exact) mass is 898 g/mol. The Morgan fingerprint density at radius 2 is 0.833 bits per heavy atom. The van der Waals surface area contributed by atoms with Crippen LogP contribution in [0.5, 0.6) is 0 Å². The first-order valence-electron chi connectivity index (χ1n) is 18.3. The zero-order valence-corrected chi connectivity index (χ0v) is 47.1. The Morgan fingerprint density at radius 1 is 0.667 bits per heavy atom. The maximum absolute atomic E-state index is 3.90. The summed E-state index contributed by atoms with van der Waals surface area (Å²) in [6.07, 6.45) is 3.90. The van der Waals surface area contributed by atoms with E-state index in [1.165, 1.54) is 18.8 Å². The smallest absolute Gasteiger partial charge is 0.110 e. The fourth-order valence-corrected chi connectivity index (χ4v) is 0. The van der Waals surface area contributed by atoms with Gasteiger partial charge in [-0.15, -0.1) is 14.5 Å². The van der Waals surface area contributed by atoms with Crippen LogP contribution in [0.25, 0.3) is 0 Å². The van der Waals surface area contributed by atoms with Crippen LogP contribution in [0.15, 0.2) is 69.4 Å². The van der Waals surface area contributed by atoms with Gasteiger partial charge in [0.15, 0.2) is 0 Å². The summed E-state index contributed by atoms with van der Waals surface area (Å²) in [5, 5.41) is 1.40. The van der Waals surface area contributed by atoms with Crippen molar-refractivity contribution >= 4 is 64.7 Å². The van der Waals surface area contributed by atoms with Gasteiger partial charge in [-0.25, -0.2) is 0 Å². The summed E-state index contributed by atoms with van der Waals surface area (Å²) in [7, 11) is -0.00720. The van der Waals surface area contributed by atoms with Gasteiger partial charge >= 0.3 is 90.5 Å². The van der Waals surface area contributed by atoms with E-state index in [2.05, 4.69) is 190 Å². The van der Waals surface area contributed by atoms with Crippen LogP contribution in [-0.2, 0) is 0 Å². The van der Waals surface area contributed by atoms with E-state index in [9.17, 15) is 0 Å². The summed E-state index contributed by atoms with van der Waals surface area (Å²) < 4.78 is 2.92. The van der Waals surface area contributed by atoms with Crippen molar-refractivity contribution in [1.29, 1.82) is 0 Å². The zero-order chi connectivity index (χ0) is 41.2. The minimum absolute atomic E-state index is 0.0905. The number of hydrogen-bond acceptors (Lipinski definition) is 0. The van der Waals surface area contributed by atoms with Gasteiger partial charge in [0.25, 0.3) is 0 Å². The Labute approximate surface area is 326 Å².